The van der Waals surface area contributed by atoms with Crippen molar-refractivity contribution in [3.05, 3.63) is 47.6 Å². The fraction of sp³-hybridized carbons (Fsp3) is 0.222. The van der Waals surface area contributed by atoms with E-state index in [2.05, 4.69) is 4.98 Å². The summed E-state index contributed by atoms with van der Waals surface area (Å²) in [6.07, 6.45) is 2.65. The van der Waals surface area contributed by atoms with Crippen LogP contribution in [0.4, 0.5) is 0 Å². The van der Waals surface area contributed by atoms with Crippen molar-refractivity contribution in [2.24, 2.45) is 0 Å². The zero-order valence-electron chi connectivity index (χ0n) is 13.6. The molecule has 0 unspecified atom stereocenters. The van der Waals surface area contributed by atoms with Crippen LogP contribution in [-0.4, -0.2) is 29.1 Å². The molecule has 0 N–H and O–H groups in total. The van der Waals surface area contributed by atoms with Gasteiger partial charge >= 0.3 is 0 Å². The Bertz CT molecular complexity index is 838. The van der Waals surface area contributed by atoms with Crippen molar-refractivity contribution < 1.29 is 14.3 Å². The Labute approximate surface area is 144 Å². The summed E-state index contributed by atoms with van der Waals surface area (Å²) in [5, 5.41) is 2.69. The predicted molar refractivity (Wildman–Crippen MR) is 94.6 cm³/mol. The summed E-state index contributed by atoms with van der Waals surface area (Å²) in [5.41, 5.74) is 2.25. The highest BCUT2D eigenvalue weighted by molar-refractivity contribution is 7.12. The molecule has 0 atom stereocenters. The Kier molecular flexibility index (Phi) is 4.96. The quantitative estimate of drug-likeness (QED) is 0.604. The first kappa shape index (κ1) is 16.3. The summed E-state index contributed by atoms with van der Waals surface area (Å²) in [4.78, 5) is 15.8. The third kappa shape index (κ3) is 3.19. The standard InChI is InChI=1S/C18H18N2O3S/c1-3-22-14-7-8-17(23-4-2)15(10-14)16-12-24-18(19-16)20-9-5-6-13(20)11-21/h5-12H,3-4H2,1-2H3. The van der Waals surface area contributed by atoms with E-state index >= 15 is 0 Å². The van der Waals surface area contributed by atoms with Crippen LogP contribution >= 0.6 is 11.3 Å². The molecule has 0 saturated carbocycles. The van der Waals surface area contributed by atoms with E-state index in [9.17, 15) is 4.79 Å². The van der Waals surface area contributed by atoms with Gasteiger partial charge in [-0.3, -0.25) is 9.36 Å². The molecule has 0 aliphatic heterocycles. The third-order valence-corrected chi connectivity index (χ3v) is 4.28. The van der Waals surface area contributed by atoms with E-state index < -0.39 is 0 Å². The molecule has 0 radical (unpaired) electrons. The van der Waals surface area contributed by atoms with Crippen molar-refractivity contribution in [2.75, 3.05) is 13.2 Å². The predicted octanol–water partition coefficient (Wildman–Crippen LogP) is 4.21. The van der Waals surface area contributed by atoms with Crippen LogP contribution in [0.2, 0.25) is 0 Å². The first-order valence-corrected chi connectivity index (χ1v) is 8.63. The second-order valence-electron chi connectivity index (χ2n) is 4.96. The van der Waals surface area contributed by atoms with E-state index in [0.29, 0.717) is 18.9 Å². The molecule has 3 rings (SSSR count). The van der Waals surface area contributed by atoms with Gasteiger partial charge in [-0.1, -0.05) is 0 Å². The van der Waals surface area contributed by atoms with Crippen LogP contribution in [0, 0.1) is 0 Å². The van der Waals surface area contributed by atoms with E-state index in [-0.39, 0.29) is 0 Å². The SMILES string of the molecule is CCOc1ccc(OCC)c(-c2csc(-n3cccc3C=O)n2)c1. The van der Waals surface area contributed by atoms with Crippen molar-refractivity contribution in [3.63, 3.8) is 0 Å². The van der Waals surface area contributed by atoms with Gasteiger partial charge in [0.05, 0.1) is 24.6 Å². The molecular weight excluding hydrogens is 324 g/mol. The lowest BCUT2D eigenvalue weighted by Gasteiger charge is -2.11. The lowest BCUT2D eigenvalue weighted by atomic mass is 10.1. The summed E-state index contributed by atoms with van der Waals surface area (Å²) >= 11 is 1.47. The summed E-state index contributed by atoms with van der Waals surface area (Å²) in [7, 11) is 0. The van der Waals surface area contributed by atoms with Crippen LogP contribution in [-0.2, 0) is 0 Å². The molecule has 3 aromatic rings. The molecule has 124 valence electrons. The maximum atomic E-state index is 11.1. The van der Waals surface area contributed by atoms with Crippen LogP contribution in [0.5, 0.6) is 11.5 Å². The number of hydrogen-bond donors (Lipinski definition) is 0. The number of aldehydes is 1. The lowest BCUT2D eigenvalue weighted by molar-refractivity contribution is 0.111. The summed E-state index contributed by atoms with van der Waals surface area (Å²) in [6.45, 7) is 5.07. The van der Waals surface area contributed by atoms with E-state index in [1.165, 1.54) is 11.3 Å². The number of benzene rings is 1. The van der Waals surface area contributed by atoms with Gasteiger partial charge in [-0.25, -0.2) is 4.98 Å². The van der Waals surface area contributed by atoms with E-state index in [4.69, 9.17) is 9.47 Å². The zero-order valence-corrected chi connectivity index (χ0v) is 14.4. The van der Waals surface area contributed by atoms with Crippen LogP contribution in [0.25, 0.3) is 16.4 Å². The molecule has 1 aromatic carbocycles. The van der Waals surface area contributed by atoms with Gasteiger partial charge in [0, 0.05) is 17.1 Å². The van der Waals surface area contributed by atoms with E-state index in [1.807, 2.05) is 49.7 Å². The van der Waals surface area contributed by atoms with Gasteiger partial charge in [0.1, 0.15) is 11.5 Å². The number of hydrogen-bond acceptors (Lipinski definition) is 5. The van der Waals surface area contributed by atoms with Gasteiger partial charge in [0.15, 0.2) is 11.4 Å². The highest BCUT2D eigenvalue weighted by atomic mass is 32.1. The van der Waals surface area contributed by atoms with E-state index in [1.54, 1.807) is 10.6 Å². The number of carbonyl (C=O) groups is 1. The van der Waals surface area contributed by atoms with Gasteiger partial charge in [-0.05, 0) is 44.2 Å². The smallest absolute Gasteiger partial charge is 0.194 e. The van der Waals surface area contributed by atoms with Crippen LogP contribution in [0.15, 0.2) is 41.9 Å². The van der Waals surface area contributed by atoms with Crippen molar-refractivity contribution in [1.29, 1.82) is 0 Å². The molecular formula is C18H18N2O3S. The average molecular weight is 342 g/mol. The zero-order chi connectivity index (χ0) is 16.9. The highest BCUT2D eigenvalue weighted by Crippen LogP contribution is 2.35. The Hall–Kier alpha value is -2.60. The van der Waals surface area contributed by atoms with E-state index in [0.717, 1.165) is 34.2 Å². The normalized spacial score (nSPS) is 10.6. The average Bonchev–Trinajstić information content (AvgIpc) is 3.25. The summed E-state index contributed by atoms with van der Waals surface area (Å²) in [6, 6.07) is 9.31. The maximum absolute atomic E-state index is 11.1. The molecule has 0 aliphatic carbocycles. The number of carbonyl (C=O) groups excluding carboxylic acids is 1. The summed E-state index contributed by atoms with van der Waals surface area (Å²) in [5.74, 6) is 1.54. The van der Waals surface area contributed by atoms with Crippen molar-refractivity contribution in [1.82, 2.24) is 9.55 Å². The summed E-state index contributed by atoms with van der Waals surface area (Å²) < 4.78 is 13.1. The Morgan fingerprint density at radius 3 is 2.79 bits per heavy atom. The topological polar surface area (TPSA) is 53.4 Å². The van der Waals surface area contributed by atoms with Crippen molar-refractivity contribution in [3.8, 4) is 27.9 Å². The van der Waals surface area contributed by atoms with Gasteiger partial charge in [0.25, 0.3) is 0 Å². The minimum absolute atomic E-state index is 0.573. The second-order valence-corrected chi connectivity index (χ2v) is 5.80. The highest BCUT2D eigenvalue weighted by Gasteiger charge is 2.14. The number of rotatable bonds is 7. The fourth-order valence-corrected chi connectivity index (χ4v) is 3.24. The molecule has 0 spiro atoms. The van der Waals surface area contributed by atoms with Gasteiger partial charge in [-0.15, -0.1) is 11.3 Å². The first-order chi connectivity index (χ1) is 11.8. The van der Waals surface area contributed by atoms with Gasteiger partial charge < -0.3 is 9.47 Å². The number of ether oxygens (including phenoxy) is 2. The number of aromatic nitrogens is 2. The Morgan fingerprint density at radius 2 is 2.04 bits per heavy atom. The lowest BCUT2D eigenvalue weighted by Crippen LogP contribution is -1.98. The van der Waals surface area contributed by atoms with Crippen LogP contribution in [0.1, 0.15) is 24.3 Å². The largest absolute Gasteiger partial charge is 0.494 e. The first-order valence-electron chi connectivity index (χ1n) is 7.75. The number of thiazole rings is 1. The molecule has 24 heavy (non-hydrogen) atoms. The molecule has 6 heteroatoms. The van der Waals surface area contributed by atoms with Crippen LogP contribution in [0.3, 0.4) is 0 Å². The minimum atomic E-state index is 0.573. The monoisotopic (exact) mass is 342 g/mol. The molecule has 0 bridgehead atoms. The Morgan fingerprint density at radius 1 is 1.21 bits per heavy atom. The fourth-order valence-electron chi connectivity index (χ4n) is 2.41. The second kappa shape index (κ2) is 7.31. The number of nitrogens with zero attached hydrogens (tertiary/aromatic N) is 2. The van der Waals surface area contributed by atoms with Crippen LogP contribution < -0.4 is 9.47 Å². The van der Waals surface area contributed by atoms with Gasteiger partial charge in [-0.2, -0.15) is 0 Å². The van der Waals surface area contributed by atoms with Crippen molar-refractivity contribution in [2.45, 2.75) is 13.8 Å². The molecule has 0 amide bonds. The Balaban J connectivity index is 2.02. The van der Waals surface area contributed by atoms with Gasteiger partial charge in [0.2, 0.25) is 0 Å². The molecule has 2 aromatic heterocycles. The molecule has 5 nitrogen and oxygen atoms in total. The molecule has 0 saturated heterocycles. The molecule has 0 fully saturated rings. The molecule has 2 heterocycles. The minimum Gasteiger partial charge on any atom is -0.494 e. The molecule has 0 aliphatic rings. The third-order valence-electron chi connectivity index (χ3n) is 3.44. The van der Waals surface area contributed by atoms with Crippen molar-refractivity contribution >= 4 is 17.6 Å². The maximum Gasteiger partial charge on any atom is 0.194 e.